The largest absolute Gasteiger partial charge is 0.486 e. The standard InChI is InChI=1S/C16H18FNO3/c1-12(21-15-7-3-2-6-14(15)17)11-18-16(19)9-8-13-5-4-10-20-13/h2-7,10,12H,8-9,11H2,1H3,(H,18,19)/t12-/m0/s1. The van der Waals surface area contributed by atoms with Crippen LogP contribution in [0, 0.1) is 5.82 Å². The molecule has 0 radical (unpaired) electrons. The molecule has 5 heteroatoms. The number of amides is 1. The highest BCUT2D eigenvalue weighted by molar-refractivity contribution is 5.76. The number of rotatable bonds is 7. The summed E-state index contributed by atoms with van der Waals surface area (Å²) in [6.45, 7) is 2.10. The van der Waals surface area contributed by atoms with Gasteiger partial charge in [0.2, 0.25) is 5.91 Å². The zero-order valence-electron chi connectivity index (χ0n) is 11.8. The van der Waals surface area contributed by atoms with Crippen LogP contribution in [-0.4, -0.2) is 18.6 Å². The topological polar surface area (TPSA) is 51.5 Å². The molecule has 1 atom stereocenters. The molecule has 4 nitrogen and oxygen atoms in total. The Kier molecular flexibility index (Phi) is 5.37. The molecular weight excluding hydrogens is 273 g/mol. The molecule has 0 fully saturated rings. The highest BCUT2D eigenvalue weighted by Crippen LogP contribution is 2.16. The third-order valence-electron chi connectivity index (χ3n) is 2.93. The molecular formula is C16H18FNO3. The van der Waals surface area contributed by atoms with Crippen LogP contribution in [0.4, 0.5) is 4.39 Å². The zero-order valence-corrected chi connectivity index (χ0v) is 11.8. The molecule has 0 saturated heterocycles. The van der Waals surface area contributed by atoms with Gasteiger partial charge in [0.05, 0.1) is 12.8 Å². The number of carbonyl (C=O) groups excluding carboxylic acids is 1. The first kappa shape index (κ1) is 15.1. The average molecular weight is 291 g/mol. The second-order valence-electron chi connectivity index (χ2n) is 4.74. The van der Waals surface area contributed by atoms with Gasteiger partial charge in [-0.15, -0.1) is 0 Å². The van der Waals surface area contributed by atoms with Gasteiger partial charge in [-0.25, -0.2) is 4.39 Å². The van der Waals surface area contributed by atoms with E-state index in [0.717, 1.165) is 5.76 Å². The summed E-state index contributed by atoms with van der Waals surface area (Å²) in [4.78, 5) is 11.7. The molecule has 1 N–H and O–H groups in total. The van der Waals surface area contributed by atoms with Gasteiger partial charge in [-0.3, -0.25) is 4.79 Å². The number of hydrogen-bond donors (Lipinski definition) is 1. The first-order chi connectivity index (χ1) is 10.1. The van der Waals surface area contributed by atoms with Gasteiger partial charge in [0.1, 0.15) is 11.9 Å². The summed E-state index contributed by atoms with van der Waals surface area (Å²) in [5.74, 6) is 0.472. The van der Waals surface area contributed by atoms with Crippen molar-refractivity contribution in [2.75, 3.05) is 6.54 Å². The molecule has 112 valence electrons. The molecule has 0 spiro atoms. The van der Waals surface area contributed by atoms with Crippen molar-refractivity contribution >= 4 is 5.91 Å². The number of benzene rings is 1. The summed E-state index contributed by atoms with van der Waals surface area (Å²) < 4.78 is 24.0. The monoisotopic (exact) mass is 291 g/mol. The van der Waals surface area contributed by atoms with Gasteiger partial charge < -0.3 is 14.5 Å². The van der Waals surface area contributed by atoms with Gasteiger partial charge >= 0.3 is 0 Å². The Labute approximate surface area is 122 Å². The van der Waals surface area contributed by atoms with Crippen LogP contribution in [0.15, 0.2) is 47.1 Å². The second-order valence-corrected chi connectivity index (χ2v) is 4.74. The van der Waals surface area contributed by atoms with E-state index in [0.29, 0.717) is 19.4 Å². The number of hydrogen-bond acceptors (Lipinski definition) is 3. The van der Waals surface area contributed by atoms with E-state index in [4.69, 9.17) is 9.15 Å². The lowest BCUT2D eigenvalue weighted by Crippen LogP contribution is -2.33. The first-order valence-corrected chi connectivity index (χ1v) is 6.85. The predicted molar refractivity (Wildman–Crippen MR) is 76.5 cm³/mol. The Bertz CT molecular complexity index is 569. The van der Waals surface area contributed by atoms with E-state index in [-0.39, 0.29) is 17.8 Å². The number of nitrogens with one attached hydrogen (secondary N) is 1. The van der Waals surface area contributed by atoms with Crippen LogP contribution in [0.2, 0.25) is 0 Å². The Morgan fingerprint density at radius 2 is 2.14 bits per heavy atom. The van der Waals surface area contributed by atoms with Gasteiger partial charge in [-0.05, 0) is 31.2 Å². The van der Waals surface area contributed by atoms with E-state index in [9.17, 15) is 9.18 Å². The predicted octanol–water partition coefficient (Wildman–Crippen LogP) is 2.94. The van der Waals surface area contributed by atoms with E-state index in [1.807, 2.05) is 6.07 Å². The Balaban J connectivity index is 1.70. The Morgan fingerprint density at radius 3 is 2.86 bits per heavy atom. The summed E-state index contributed by atoms with van der Waals surface area (Å²) in [7, 11) is 0. The fraction of sp³-hybridized carbons (Fsp3) is 0.312. The van der Waals surface area contributed by atoms with E-state index in [1.54, 1.807) is 37.5 Å². The van der Waals surface area contributed by atoms with Crippen molar-refractivity contribution in [2.24, 2.45) is 0 Å². The summed E-state index contributed by atoms with van der Waals surface area (Å²) in [5.41, 5.74) is 0. The number of furan rings is 1. The molecule has 0 aliphatic heterocycles. The molecule has 0 unspecified atom stereocenters. The van der Waals surface area contributed by atoms with Crippen molar-refractivity contribution in [3.8, 4) is 5.75 Å². The minimum Gasteiger partial charge on any atom is -0.486 e. The van der Waals surface area contributed by atoms with Crippen LogP contribution in [0.1, 0.15) is 19.1 Å². The van der Waals surface area contributed by atoms with Crippen LogP contribution >= 0.6 is 0 Å². The van der Waals surface area contributed by atoms with Crippen molar-refractivity contribution in [2.45, 2.75) is 25.9 Å². The number of aryl methyl sites for hydroxylation is 1. The molecule has 1 heterocycles. The smallest absolute Gasteiger partial charge is 0.220 e. The third-order valence-corrected chi connectivity index (χ3v) is 2.93. The Morgan fingerprint density at radius 1 is 1.33 bits per heavy atom. The van der Waals surface area contributed by atoms with Gasteiger partial charge in [-0.1, -0.05) is 12.1 Å². The molecule has 0 saturated carbocycles. The van der Waals surface area contributed by atoms with E-state index in [1.165, 1.54) is 6.07 Å². The summed E-state index contributed by atoms with van der Waals surface area (Å²) >= 11 is 0. The number of carbonyl (C=O) groups is 1. The molecule has 0 aliphatic rings. The van der Waals surface area contributed by atoms with E-state index < -0.39 is 5.82 Å². The molecule has 21 heavy (non-hydrogen) atoms. The van der Waals surface area contributed by atoms with Crippen molar-refractivity contribution < 1.29 is 18.3 Å². The van der Waals surface area contributed by atoms with Crippen LogP contribution < -0.4 is 10.1 Å². The lowest BCUT2D eigenvalue weighted by molar-refractivity contribution is -0.121. The van der Waals surface area contributed by atoms with E-state index in [2.05, 4.69) is 5.32 Å². The minimum absolute atomic E-state index is 0.0876. The maximum atomic E-state index is 13.4. The fourth-order valence-corrected chi connectivity index (χ4v) is 1.84. The van der Waals surface area contributed by atoms with Crippen molar-refractivity contribution in [1.29, 1.82) is 0 Å². The minimum atomic E-state index is -0.409. The number of para-hydroxylation sites is 1. The molecule has 2 rings (SSSR count). The average Bonchev–Trinajstić information content (AvgIpc) is 2.99. The number of ether oxygens (including phenoxy) is 1. The van der Waals surface area contributed by atoms with Crippen LogP contribution in [0.5, 0.6) is 5.75 Å². The summed E-state index contributed by atoms with van der Waals surface area (Å²) in [5, 5.41) is 2.76. The zero-order chi connectivity index (χ0) is 15.1. The van der Waals surface area contributed by atoms with E-state index >= 15 is 0 Å². The maximum Gasteiger partial charge on any atom is 0.220 e. The van der Waals surface area contributed by atoms with Gasteiger partial charge in [0.25, 0.3) is 0 Å². The number of halogens is 1. The fourth-order valence-electron chi connectivity index (χ4n) is 1.84. The van der Waals surface area contributed by atoms with Crippen LogP contribution in [0.3, 0.4) is 0 Å². The van der Waals surface area contributed by atoms with Gasteiger partial charge in [0.15, 0.2) is 11.6 Å². The first-order valence-electron chi connectivity index (χ1n) is 6.85. The molecule has 0 bridgehead atoms. The van der Waals surface area contributed by atoms with Crippen molar-refractivity contribution in [1.82, 2.24) is 5.32 Å². The van der Waals surface area contributed by atoms with Crippen molar-refractivity contribution in [3.63, 3.8) is 0 Å². The van der Waals surface area contributed by atoms with Crippen LogP contribution in [-0.2, 0) is 11.2 Å². The molecule has 1 aromatic carbocycles. The van der Waals surface area contributed by atoms with Gasteiger partial charge in [0, 0.05) is 12.8 Å². The highest BCUT2D eigenvalue weighted by Gasteiger charge is 2.10. The molecule has 1 amide bonds. The summed E-state index contributed by atoms with van der Waals surface area (Å²) in [6, 6.07) is 9.82. The lowest BCUT2D eigenvalue weighted by atomic mass is 10.2. The quantitative estimate of drug-likeness (QED) is 0.853. The SMILES string of the molecule is C[C@@H](CNC(=O)CCc1ccco1)Oc1ccccc1F. The Hall–Kier alpha value is -2.30. The molecule has 1 aromatic heterocycles. The molecule has 0 aliphatic carbocycles. The van der Waals surface area contributed by atoms with Crippen molar-refractivity contribution in [3.05, 3.63) is 54.2 Å². The third kappa shape index (κ3) is 4.95. The maximum absolute atomic E-state index is 13.4. The summed E-state index contributed by atoms with van der Waals surface area (Å²) in [6.07, 6.45) is 2.17. The second kappa shape index (κ2) is 7.47. The van der Waals surface area contributed by atoms with Crippen LogP contribution in [0.25, 0.3) is 0 Å². The normalized spacial score (nSPS) is 11.9. The highest BCUT2D eigenvalue weighted by atomic mass is 19.1. The molecule has 2 aromatic rings. The van der Waals surface area contributed by atoms with Gasteiger partial charge in [-0.2, -0.15) is 0 Å². The lowest BCUT2D eigenvalue weighted by Gasteiger charge is -2.15.